The van der Waals surface area contributed by atoms with Crippen molar-refractivity contribution in [1.82, 2.24) is 19.8 Å². The molecule has 5 atom stereocenters. The fraction of sp³-hybridized carbons (Fsp3) is 0.800. The van der Waals surface area contributed by atoms with Gasteiger partial charge in [-0.3, -0.25) is 4.99 Å². The van der Waals surface area contributed by atoms with Crippen molar-refractivity contribution in [3.63, 3.8) is 0 Å². The molecule has 4 rings (SSSR count). The fourth-order valence-corrected chi connectivity index (χ4v) is 5.35. The number of hydrogen-bond acceptors (Lipinski definition) is 3. The lowest BCUT2D eigenvalue weighted by molar-refractivity contribution is -0.188. The molecule has 3 heterocycles. The molecule has 2 saturated heterocycles. The van der Waals surface area contributed by atoms with Crippen LogP contribution < -0.4 is 5.32 Å². The van der Waals surface area contributed by atoms with Crippen LogP contribution >= 0.6 is 0 Å². The van der Waals surface area contributed by atoms with E-state index in [4.69, 9.17) is 4.74 Å². The molecule has 0 radical (unpaired) electrons. The van der Waals surface area contributed by atoms with Crippen LogP contribution in [0.5, 0.6) is 0 Å². The molecule has 0 amide bonds. The van der Waals surface area contributed by atoms with Crippen LogP contribution in [0.2, 0.25) is 0 Å². The van der Waals surface area contributed by atoms with Gasteiger partial charge in [0.2, 0.25) is 0 Å². The van der Waals surface area contributed by atoms with E-state index in [0.29, 0.717) is 30.0 Å². The Kier molecular flexibility index (Phi) is 4.71. The van der Waals surface area contributed by atoms with Gasteiger partial charge in [-0.05, 0) is 25.2 Å². The molecule has 6 heteroatoms. The highest BCUT2D eigenvalue weighted by Gasteiger charge is 2.58. The third kappa shape index (κ3) is 2.92. The normalized spacial score (nSPS) is 37.0. The molecule has 2 aliphatic heterocycles. The highest BCUT2D eigenvalue weighted by molar-refractivity contribution is 5.80. The van der Waals surface area contributed by atoms with Crippen molar-refractivity contribution in [2.75, 3.05) is 26.7 Å². The van der Waals surface area contributed by atoms with Gasteiger partial charge >= 0.3 is 0 Å². The first kappa shape index (κ1) is 17.8. The Balaban J connectivity index is 1.46. The second kappa shape index (κ2) is 6.87. The van der Waals surface area contributed by atoms with Crippen LogP contribution in [0.25, 0.3) is 0 Å². The second-order valence-corrected chi connectivity index (χ2v) is 8.88. The molecular formula is C20H33N5O. The number of aliphatic imine (C=N–C) groups is 1. The minimum atomic E-state index is 0.161. The average molecular weight is 360 g/mol. The van der Waals surface area contributed by atoms with E-state index in [2.05, 4.69) is 51.7 Å². The molecule has 144 valence electrons. The molecule has 1 aromatic heterocycles. The highest BCUT2D eigenvalue weighted by atomic mass is 16.5. The van der Waals surface area contributed by atoms with Crippen molar-refractivity contribution < 1.29 is 4.74 Å². The fourth-order valence-electron chi connectivity index (χ4n) is 5.35. The zero-order valence-electron chi connectivity index (χ0n) is 16.6. The molecule has 1 aliphatic carbocycles. The summed E-state index contributed by atoms with van der Waals surface area (Å²) in [6, 6.07) is 0.891. The van der Waals surface area contributed by atoms with Crippen LogP contribution in [-0.4, -0.2) is 59.3 Å². The maximum absolute atomic E-state index is 6.06. The van der Waals surface area contributed by atoms with E-state index in [1.807, 2.05) is 19.6 Å². The van der Waals surface area contributed by atoms with Gasteiger partial charge in [0.15, 0.2) is 5.96 Å². The van der Waals surface area contributed by atoms with E-state index < -0.39 is 0 Å². The van der Waals surface area contributed by atoms with Gasteiger partial charge in [0.25, 0.3) is 0 Å². The Morgan fingerprint density at radius 2 is 2.19 bits per heavy atom. The number of hydrogen-bond donors (Lipinski definition) is 1. The third-order valence-corrected chi connectivity index (χ3v) is 6.95. The minimum absolute atomic E-state index is 0.161. The number of fused-ring (bicyclic) bond motifs is 1. The van der Waals surface area contributed by atoms with Gasteiger partial charge < -0.3 is 19.5 Å². The van der Waals surface area contributed by atoms with Gasteiger partial charge in [0, 0.05) is 56.5 Å². The predicted octanol–water partition coefficient (Wildman–Crippen LogP) is 2.54. The summed E-state index contributed by atoms with van der Waals surface area (Å²) in [5.74, 6) is 2.31. The third-order valence-electron chi connectivity index (χ3n) is 6.95. The Bertz CT molecular complexity index is 641. The first-order valence-electron chi connectivity index (χ1n) is 10.1. The van der Waals surface area contributed by atoms with Crippen LogP contribution in [0, 0.1) is 17.3 Å². The predicted molar refractivity (Wildman–Crippen MR) is 103 cm³/mol. The summed E-state index contributed by atoms with van der Waals surface area (Å²) in [7, 11) is 1.91. The van der Waals surface area contributed by atoms with Crippen molar-refractivity contribution in [2.45, 2.75) is 58.2 Å². The summed E-state index contributed by atoms with van der Waals surface area (Å²) in [5, 5.41) is 3.81. The summed E-state index contributed by atoms with van der Waals surface area (Å²) in [6.07, 6.45) is 9.91. The summed E-state index contributed by atoms with van der Waals surface area (Å²) >= 11 is 0. The summed E-state index contributed by atoms with van der Waals surface area (Å²) in [4.78, 5) is 11.3. The second-order valence-electron chi connectivity index (χ2n) is 8.88. The van der Waals surface area contributed by atoms with Gasteiger partial charge in [0.05, 0.1) is 18.5 Å². The molecule has 0 aromatic carbocycles. The van der Waals surface area contributed by atoms with Crippen molar-refractivity contribution >= 4 is 5.96 Å². The van der Waals surface area contributed by atoms with Gasteiger partial charge in [0.1, 0.15) is 0 Å². The Labute approximate surface area is 157 Å². The van der Waals surface area contributed by atoms with Crippen LogP contribution in [0.4, 0.5) is 0 Å². The van der Waals surface area contributed by atoms with Crippen molar-refractivity contribution in [1.29, 1.82) is 0 Å². The van der Waals surface area contributed by atoms with Crippen LogP contribution in [0.3, 0.4) is 0 Å². The number of imidazole rings is 1. The van der Waals surface area contributed by atoms with Gasteiger partial charge in [-0.1, -0.05) is 20.8 Å². The number of nitrogens with zero attached hydrogens (tertiary/aromatic N) is 4. The quantitative estimate of drug-likeness (QED) is 0.651. The van der Waals surface area contributed by atoms with Crippen LogP contribution in [0.1, 0.15) is 46.1 Å². The van der Waals surface area contributed by atoms with Crippen molar-refractivity contribution in [2.24, 2.45) is 22.2 Å². The number of piperidine rings is 1. The lowest BCUT2D eigenvalue weighted by Gasteiger charge is -2.60. The van der Waals surface area contributed by atoms with E-state index in [1.165, 1.54) is 19.3 Å². The van der Waals surface area contributed by atoms with E-state index in [0.717, 1.165) is 25.7 Å². The molecule has 0 bridgehead atoms. The number of rotatable bonds is 2. The first-order valence-corrected chi connectivity index (χ1v) is 10.1. The summed E-state index contributed by atoms with van der Waals surface area (Å²) < 4.78 is 8.31. The SMILES string of the molecule is CN=C(NC1C2CCCOC2C1(C)C)N1CCC(C)C(n2ccnc2)C1. The molecule has 0 spiro atoms. The highest BCUT2D eigenvalue weighted by Crippen LogP contribution is 2.51. The van der Waals surface area contributed by atoms with Crippen molar-refractivity contribution in [3.8, 4) is 0 Å². The van der Waals surface area contributed by atoms with Crippen molar-refractivity contribution in [3.05, 3.63) is 18.7 Å². The maximum Gasteiger partial charge on any atom is 0.193 e. The number of nitrogens with one attached hydrogen (secondary N) is 1. The molecule has 3 fully saturated rings. The van der Waals surface area contributed by atoms with Gasteiger partial charge in [-0.25, -0.2) is 4.98 Å². The van der Waals surface area contributed by atoms with Gasteiger partial charge in [-0.15, -0.1) is 0 Å². The van der Waals surface area contributed by atoms with Crippen LogP contribution in [0.15, 0.2) is 23.7 Å². The van der Waals surface area contributed by atoms with E-state index >= 15 is 0 Å². The number of aromatic nitrogens is 2. The van der Waals surface area contributed by atoms with E-state index in [9.17, 15) is 0 Å². The molecule has 1 N–H and O–H groups in total. The van der Waals surface area contributed by atoms with Crippen LogP contribution in [-0.2, 0) is 4.74 Å². The lowest BCUT2D eigenvalue weighted by atomic mass is 9.55. The van der Waals surface area contributed by atoms with E-state index in [1.54, 1.807) is 0 Å². The molecule has 5 unspecified atom stereocenters. The summed E-state index contributed by atoms with van der Waals surface area (Å²) in [6.45, 7) is 9.96. The molecule has 1 saturated carbocycles. The standard InChI is InChI=1S/C20H33N5O/c1-14-7-9-24(12-16(14)25-10-8-22-13-25)19(21-4)23-17-15-6-5-11-26-18(15)20(17,2)3/h8,10,13-18H,5-7,9,11-12H2,1-4H3,(H,21,23). The molecule has 26 heavy (non-hydrogen) atoms. The Hall–Kier alpha value is -1.56. The zero-order valence-corrected chi connectivity index (χ0v) is 16.6. The Morgan fingerprint density at radius 1 is 1.35 bits per heavy atom. The average Bonchev–Trinajstić information content (AvgIpc) is 3.17. The summed E-state index contributed by atoms with van der Waals surface area (Å²) in [5.41, 5.74) is 0.161. The zero-order chi connectivity index (χ0) is 18.3. The molecule has 3 aliphatic rings. The number of ether oxygens (including phenoxy) is 1. The minimum Gasteiger partial charge on any atom is -0.377 e. The largest absolute Gasteiger partial charge is 0.377 e. The first-order chi connectivity index (χ1) is 12.5. The number of likely N-dealkylation sites (tertiary alicyclic amines) is 1. The monoisotopic (exact) mass is 359 g/mol. The smallest absolute Gasteiger partial charge is 0.193 e. The maximum atomic E-state index is 6.06. The van der Waals surface area contributed by atoms with Gasteiger partial charge in [-0.2, -0.15) is 0 Å². The number of guanidine groups is 1. The molecule has 6 nitrogen and oxygen atoms in total. The Morgan fingerprint density at radius 3 is 2.92 bits per heavy atom. The lowest BCUT2D eigenvalue weighted by Crippen LogP contribution is -2.71. The topological polar surface area (TPSA) is 54.7 Å². The van der Waals surface area contributed by atoms with E-state index in [-0.39, 0.29) is 5.41 Å². The molecule has 1 aromatic rings. The molecular weight excluding hydrogens is 326 g/mol.